The summed E-state index contributed by atoms with van der Waals surface area (Å²) in [6.07, 6.45) is 1.35. The van der Waals surface area contributed by atoms with Crippen LogP contribution < -0.4 is 10.1 Å². The Hall–Kier alpha value is -1.02. The molecule has 1 aromatic carbocycles. The minimum absolute atomic E-state index is 0.199. The molecule has 1 rings (SSSR count). The molecule has 0 fully saturated rings. The predicted octanol–water partition coefficient (Wildman–Crippen LogP) is 3.46. The lowest BCUT2D eigenvalue weighted by Gasteiger charge is -2.18. The molecule has 0 heterocycles. The van der Waals surface area contributed by atoms with Gasteiger partial charge in [-0.25, -0.2) is 0 Å². The molecule has 1 N–H and O–H groups in total. The molecule has 0 aromatic heterocycles. The third kappa shape index (κ3) is 5.22. The van der Waals surface area contributed by atoms with Gasteiger partial charge in [-0.05, 0) is 57.4 Å². The van der Waals surface area contributed by atoms with Gasteiger partial charge in [0.1, 0.15) is 11.9 Å². The number of rotatable bonds is 6. The average molecular weight is 235 g/mol. The minimum atomic E-state index is 0.199. The molecule has 2 heteroatoms. The van der Waals surface area contributed by atoms with E-state index >= 15 is 0 Å². The van der Waals surface area contributed by atoms with E-state index in [2.05, 4.69) is 58.1 Å². The van der Waals surface area contributed by atoms with Gasteiger partial charge >= 0.3 is 0 Å². The van der Waals surface area contributed by atoms with E-state index < -0.39 is 0 Å². The fourth-order valence-corrected chi connectivity index (χ4v) is 1.79. The van der Waals surface area contributed by atoms with Gasteiger partial charge < -0.3 is 10.1 Å². The molecule has 0 bridgehead atoms. The molecule has 0 aliphatic rings. The van der Waals surface area contributed by atoms with Crippen molar-refractivity contribution in [2.24, 2.45) is 0 Å². The summed E-state index contributed by atoms with van der Waals surface area (Å²) in [5.41, 5.74) is 2.50. The van der Waals surface area contributed by atoms with Crippen molar-refractivity contribution in [1.29, 1.82) is 0 Å². The van der Waals surface area contributed by atoms with E-state index in [0.29, 0.717) is 6.04 Å². The first-order valence-electron chi connectivity index (χ1n) is 6.49. The number of hydrogen-bond donors (Lipinski definition) is 1. The first-order valence-corrected chi connectivity index (χ1v) is 6.49. The normalized spacial score (nSPS) is 14.4. The Labute approximate surface area is 105 Å². The van der Waals surface area contributed by atoms with Crippen LogP contribution in [-0.4, -0.2) is 18.7 Å². The second-order valence-corrected chi connectivity index (χ2v) is 4.97. The van der Waals surface area contributed by atoms with Crippen molar-refractivity contribution >= 4 is 0 Å². The Morgan fingerprint density at radius 1 is 1.12 bits per heavy atom. The average Bonchev–Trinajstić information content (AvgIpc) is 2.24. The Morgan fingerprint density at radius 3 is 2.24 bits per heavy atom. The Bertz CT molecular complexity index is 329. The van der Waals surface area contributed by atoms with Crippen molar-refractivity contribution in [1.82, 2.24) is 5.32 Å². The third-order valence-corrected chi connectivity index (χ3v) is 2.90. The molecule has 17 heavy (non-hydrogen) atoms. The molecule has 1 aromatic rings. The second kappa shape index (κ2) is 6.65. The molecular formula is C15H25NO. The quantitative estimate of drug-likeness (QED) is 0.815. The summed E-state index contributed by atoms with van der Waals surface area (Å²) in [5, 5.41) is 3.46. The molecule has 2 nitrogen and oxygen atoms in total. The monoisotopic (exact) mass is 235 g/mol. The van der Waals surface area contributed by atoms with Crippen LogP contribution in [-0.2, 0) is 0 Å². The van der Waals surface area contributed by atoms with Gasteiger partial charge in [0, 0.05) is 12.6 Å². The summed E-state index contributed by atoms with van der Waals surface area (Å²) in [6, 6.07) is 6.90. The number of ether oxygens (including phenoxy) is 1. The molecule has 0 saturated heterocycles. The predicted molar refractivity (Wildman–Crippen MR) is 73.8 cm³/mol. The molecule has 2 atom stereocenters. The van der Waals surface area contributed by atoms with E-state index in [4.69, 9.17) is 4.74 Å². The molecule has 0 spiro atoms. The summed E-state index contributed by atoms with van der Waals surface area (Å²) in [7, 11) is 0. The molecule has 2 unspecified atom stereocenters. The van der Waals surface area contributed by atoms with E-state index in [0.717, 1.165) is 18.7 Å². The highest BCUT2D eigenvalue weighted by Gasteiger charge is 2.06. The molecular weight excluding hydrogens is 210 g/mol. The van der Waals surface area contributed by atoms with E-state index in [1.54, 1.807) is 0 Å². The van der Waals surface area contributed by atoms with E-state index in [9.17, 15) is 0 Å². The zero-order valence-corrected chi connectivity index (χ0v) is 11.7. The van der Waals surface area contributed by atoms with Crippen LogP contribution >= 0.6 is 0 Å². The van der Waals surface area contributed by atoms with E-state index in [-0.39, 0.29) is 6.10 Å². The summed E-state index contributed by atoms with van der Waals surface area (Å²) < 4.78 is 5.91. The van der Waals surface area contributed by atoms with Crippen LogP contribution in [0, 0.1) is 13.8 Å². The summed E-state index contributed by atoms with van der Waals surface area (Å²) in [6.45, 7) is 11.6. The SMILES string of the molecule is CCC(C)NCC(C)Oc1cc(C)cc(C)c1. The van der Waals surface area contributed by atoms with Crippen molar-refractivity contribution in [3.63, 3.8) is 0 Å². The first-order chi connectivity index (χ1) is 8.01. The van der Waals surface area contributed by atoms with Gasteiger partial charge in [0.2, 0.25) is 0 Å². The van der Waals surface area contributed by atoms with Gasteiger partial charge in [0.05, 0.1) is 0 Å². The third-order valence-electron chi connectivity index (χ3n) is 2.90. The fourth-order valence-electron chi connectivity index (χ4n) is 1.79. The number of benzene rings is 1. The lowest BCUT2D eigenvalue weighted by atomic mass is 10.1. The zero-order chi connectivity index (χ0) is 12.8. The largest absolute Gasteiger partial charge is 0.489 e. The Kier molecular flexibility index (Phi) is 5.49. The second-order valence-electron chi connectivity index (χ2n) is 4.97. The summed E-state index contributed by atoms with van der Waals surface area (Å²) in [5.74, 6) is 0.973. The Balaban J connectivity index is 2.47. The van der Waals surface area contributed by atoms with E-state index in [1.807, 2.05) is 0 Å². The molecule has 0 aliphatic carbocycles. The summed E-state index contributed by atoms with van der Waals surface area (Å²) in [4.78, 5) is 0. The van der Waals surface area contributed by atoms with Gasteiger partial charge in [-0.3, -0.25) is 0 Å². The highest BCUT2D eigenvalue weighted by Crippen LogP contribution is 2.17. The van der Waals surface area contributed by atoms with Gasteiger partial charge in [-0.1, -0.05) is 13.0 Å². The van der Waals surface area contributed by atoms with Crippen LogP contribution in [0.4, 0.5) is 0 Å². The van der Waals surface area contributed by atoms with Gasteiger partial charge in [-0.2, -0.15) is 0 Å². The van der Waals surface area contributed by atoms with E-state index in [1.165, 1.54) is 11.1 Å². The van der Waals surface area contributed by atoms with Crippen LogP contribution in [0.2, 0.25) is 0 Å². The molecule has 0 saturated carbocycles. The number of hydrogen-bond acceptors (Lipinski definition) is 2. The van der Waals surface area contributed by atoms with Crippen molar-refractivity contribution in [3.8, 4) is 5.75 Å². The van der Waals surface area contributed by atoms with Crippen LogP contribution in [0.5, 0.6) is 5.75 Å². The van der Waals surface area contributed by atoms with Crippen molar-refractivity contribution < 1.29 is 4.74 Å². The van der Waals surface area contributed by atoms with Crippen LogP contribution in [0.3, 0.4) is 0 Å². The van der Waals surface area contributed by atoms with Crippen LogP contribution in [0.1, 0.15) is 38.3 Å². The highest BCUT2D eigenvalue weighted by molar-refractivity contribution is 5.33. The van der Waals surface area contributed by atoms with Crippen LogP contribution in [0.15, 0.2) is 18.2 Å². The topological polar surface area (TPSA) is 21.3 Å². The maximum Gasteiger partial charge on any atom is 0.120 e. The van der Waals surface area contributed by atoms with Crippen molar-refractivity contribution in [2.75, 3.05) is 6.54 Å². The minimum Gasteiger partial charge on any atom is -0.489 e. The van der Waals surface area contributed by atoms with Crippen molar-refractivity contribution in [3.05, 3.63) is 29.3 Å². The molecule has 0 aliphatic heterocycles. The number of nitrogens with one attached hydrogen (secondary N) is 1. The maximum atomic E-state index is 5.91. The highest BCUT2D eigenvalue weighted by atomic mass is 16.5. The lowest BCUT2D eigenvalue weighted by molar-refractivity contribution is 0.212. The lowest BCUT2D eigenvalue weighted by Crippen LogP contribution is -2.34. The van der Waals surface area contributed by atoms with Crippen molar-refractivity contribution in [2.45, 2.75) is 53.2 Å². The van der Waals surface area contributed by atoms with Gasteiger partial charge in [0.25, 0.3) is 0 Å². The van der Waals surface area contributed by atoms with Gasteiger partial charge in [0.15, 0.2) is 0 Å². The van der Waals surface area contributed by atoms with Crippen LogP contribution in [0.25, 0.3) is 0 Å². The molecule has 0 radical (unpaired) electrons. The first kappa shape index (κ1) is 14.0. The number of aryl methyl sites for hydroxylation is 2. The maximum absolute atomic E-state index is 5.91. The fraction of sp³-hybridized carbons (Fsp3) is 0.600. The summed E-state index contributed by atoms with van der Waals surface area (Å²) >= 11 is 0. The molecule has 0 amide bonds. The van der Waals surface area contributed by atoms with Gasteiger partial charge in [-0.15, -0.1) is 0 Å². The zero-order valence-electron chi connectivity index (χ0n) is 11.7. The standard InChI is InChI=1S/C15H25NO/c1-6-13(4)16-10-14(5)17-15-8-11(2)7-12(3)9-15/h7-9,13-14,16H,6,10H2,1-5H3. The molecule has 96 valence electrons. The smallest absolute Gasteiger partial charge is 0.120 e. The Morgan fingerprint density at radius 2 is 1.71 bits per heavy atom.